The van der Waals surface area contributed by atoms with Crippen LogP contribution in [-0.2, 0) is 13.6 Å². The van der Waals surface area contributed by atoms with E-state index in [-0.39, 0.29) is 5.69 Å². The zero-order chi connectivity index (χ0) is 10.6. The highest BCUT2D eigenvalue weighted by Gasteiger charge is 2.08. The maximum absolute atomic E-state index is 11.5. The minimum absolute atomic E-state index is 0.0543. The van der Waals surface area contributed by atoms with Gasteiger partial charge in [-0.1, -0.05) is 13.3 Å². The number of hydrogen-bond donors (Lipinski definition) is 1. The molecule has 1 aromatic heterocycles. The normalized spacial score (nSPS) is 13.1. The number of hydrogen-bond acceptors (Lipinski definition) is 3. The molecule has 0 bridgehead atoms. The zero-order valence-corrected chi connectivity index (χ0v) is 9.03. The van der Waals surface area contributed by atoms with Crippen LogP contribution in [0.5, 0.6) is 0 Å². The Morgan fingerprint density at radius 1 is 1.64 bits per heavy atom. The molecule has 1 aromatic rings. The quantitative estimate of drug-likeness (QED) is 0.723. The van der Waals surface area contributed by atoms with Crippen molar-refractivity contribution in [2.45, 2.75) is 32.4 Å². The molecule has 1 unspecified atom stereocenters. The summed E-state index contributed by atoms with van der Waals surface area (Å²) in [7, 11) is 3.62. The lowest BCUT2D eigenvalue weighted by Gasteiger charge is -2.13. The maximum Gasteiger partial charge on any atom is 0.345 e. The van der Waals surface area contributed by atoms with E-state index >= 15 is 0 Å². The Kier molecular flexibility index (Phi) is 3.88. The molecule has 1 N–H and O–H groups in total. The van der Waals surface area contributed by atoms with Crippen molar-refractivity contribution < 1.29 is 0 Å². The maximum atomic E-state index is 11.5. The van der Waals surface area contributed by atoms with Gasteiger partial charge in [0.2, 0.25) is 0 Å². The van der Waals surface area contributed by atoms with Gasteiger partial charge in [0.05, 0.1) is 6.54 Å². The van der Waals surface area contributed by atoms with E-state index < -0.39 is 0 Å². The highest BCUT2D eigenvalue weighted by atomic mass is 16.2. The fourth-order valence-corrected chi connectivity index (χ4v) is 1.43. The molecule has 14 heavy (non-hydrogen) atoms. The number of aromatic nitrogens is 3. The van der Waals surface area contributed by atoms with Crippen LogP contribution in [-0.4, -0.2) is 27.4 Å². The average Bonchev–Trinajstić information content (AvgIpc) is 2.49. The lowest BCUT2D eigenvalue weighted by molar-refractivity contribution is 0.417. The van der Waals surface area contributed by atoms with Gasteiger partial charge >= 0.3 is 5.69 Å². The third-order valence-electron chi connectivity index (χ3n) is 2.33. The van der Waals surface area contributed by atoms with Gasteiger partial charge in [0.1, 0.15) is 6.33 Å². The summed E-state index contributed by atoms with van der Waals surface area (Å²) in [4.78, 5) is 11.5. The first-order chi connectivity index (χ1) is 6.69. The molecule has 0 amide bonds. The summed E-state index contributed by atoms with van der Waals surface area (Å²) in [6.07, 6.45) is 3.70. The lowest BCUT2D eigenvalue weighted by Crippen LogP contribution is -2.35. The van der Waals surface area contributed by atoms with Crippen molar-refractivity contribution in [2.75, 3.05) is 7.05 Å². The summed E-state index contributed by atoms with van der Waals surface area (Å²) in [5.41, 5.74) is -0.0543. The molecule has 1 rings (SSSR count). The van der Waals surface area contributed by atoms with Crippen LogP contribution < -0.4 is 11.0 Å². The molecule has 1 heterocycles. The van der Waals surface area contributed by atoms with Gasteiger partial charge in [-0.05, 0) is 13.5 Å². The Morgan fingerprint density at radius 2 is 2.36 bits per heavy atom. The molecule has 0 aliphatic rings. The SMILES string of the molecule is CCCC(Cn1ncn(C)c1=O)NC. The summed E-state index contributed by atoms with van der Waals surface area (Å²) in [5.74, 6) is 0. The second-order valence-corrected chi connectivity index (χ2v) is 3.48. The molecular formula is C9H18N4O. The molecule has 0 saturated heterocycles. The van der Waals surface area contributed by atoms with Crippen molar-refractivity contribution in [2.24, 2.45) is 7.05 Å². The van der Waals surface area contributed by atoms with Crippen LogP contribution in [0.1, 0.15) is 19.8 Å². The van der Waals surface area contributed by atoms with E-state index in [0.717, 1.165) is 12.8 Å². The van der Waals surface area contributed by atoms with Crippen molar-refractivity contribution in [3.8, 4) is 0 Å². The molecule has 0 fully saturated rings. The van der Waals surface area contributed by atoms with Crippen LogP contribution in [0.4, 0.5) is 0 Å². The monoisotopic (exact) mass is 198 g/mol. The van der Waals surface area contributed by atoms with Crippen LogP contribution in [0.3, 0.4) is 0 Å². The Labute approximate surface area is 83.7 Å². The molecule has 1 atom stereocenters. The van der Waals surface area contributed by atoms with Crippen LogP contribution >= 0.6 is 0 Å². The minimum Gasteiger partial charge on any atom is -0.315 e. The van der Waals surface area contributed by atoms with E-state index in [4.69, 9.17) is 0 Å². The van der Waals surface area contributed by atoms with Crippen molar-refractivity contribution in [1.82, 2.24) is 19.7 Å². The number of likely N-dealkylation sites (N-methyl/N-ethyl adjacent to an activating group) is 1. The first-order valence-electron chi connectivity index (χ1n) is 4.94. The zero-order valence-electron chi connectivity index (χ0n) is 9.03. The van der Waals surface area contributed by atoms with Crippen LogP contribution in [0.25, 0.3) is 0 Å². The van der Waals surface area contributed by atoms with Gasteiger partial charge in [0.25, 0.3) is 0 Å². The van der Waals surface area contributed by atoms with Gasteiger partial charge in [-0.2, -0.15) is 5.10 Å². The van der Waals surface area contributed by atoms with Gasteiger partial charge in [0, 0.05) is 13.1 Å². The highest BCUT2D eigenvalue weighted by Crippen LogP contribution is 1.97. The second kappa shape index (κ2) is 4.95. The largest absolute Gasteiger partial charge is 0.345 e. The smallest absolute Gasteiger partial charge is 0.315 e. The van der Waals surface area contributed by atoms with E-state index in [1.165, 1.54) is 9.25 Å². The second-order valence-electron chi connectivity index (χ2n) is 3.48. The van der Waals surface area contributed by atoms with Crippen LogP contribution in [0, 0.1) is 0 Å². The fraction of sp³-hybridized carbons (Fsp3) is 0.778. The van der Waals surface area contributed by atoms with Crippen LogP contribution in [0.15, 0.2) is 11.1 Å². The highest BCUT2D eigenvalue weighted by molar-refractivity contribution is 4.70. The van der Waals surface area contributed by atoms with E-state index in [0.29, 0.717) is 12.6 Å². The van der Waals surface area contributed by atoms with Crippen molar-refractivity contribution in [3.05, 3.63) is 16.8 Å². The summed E-state index contributed by atoms with van der Waals surface area (Å²) >= 11 is 0. The molecule has 0 spiro atoms. The van der Waals surface area contributed by atoms with E-state index in [1.807, 2.05) is 7.05 Å². The summed E-state index contributed by atoms with van der Waals surface area (Å²) < 4.78 is 2.98. The van der Waals surface area contributed by atoms with Gasteiger partial charge in [-0.25, -0.2) is 9.48 Å². The fourth-order valence-electron chi connectivity index (χ4n) is 1.43. The average molecular weight is 198 g/mol. The van der Waals surface area contributed by atoms with Crippen molar-refractivity contribution in [3.63, 3.8) is 0 Å². The predicted octanol–water partition coefficient (Wildman–Crippen LogP) is -0.0301. The molecule has 5 nitrogen and oxygen atoms in total. The third kappa shape index (κ3) is 2.45. The van der Waals surface area contributed by atoms with E-state index in [2.05, 4.69) is 17.3 Å². The summed E-state index contributed by atoms with van der Waals surface area (Å²) in [6, 6.07) is 0.326. The predicted molar refractivity (Wildman–Crippen MR) is 55.2 cm³/mol. The third-order valence-corrected chi connectivity index (χ3v) is 2.33. The standard InChI is InChI=1S/C9H18N4O/c1-4-5-8(10-2)6-13-9(14)12(3)7-11-13/h7-8,10H,4-6H2,1-3H3. The van der Waals surface area contributed by atoms with Gasteiger partial charge < -0.3 is 5.32 Å². The topological polar surface area (TPSA) is 51.9 Å². The number of aryl methyl sites for hydroxylation is 1. The molecule has 0 aliphatic heterocycles. The Hall–Kier alpha value is -1.10. The lowest BCUT2D eigenvalue weighted by atomic mass is 10.2. The first-order valence-corrected chi connectivity index (χ1v) is 4.94. The molecule has 80 valence electrons. The first kappa shape index (κ1) is 11.0. The van der Waals surface area contributed by atoms with Crippen LogP contribution in [0.2, 0.25) is 0 Å². The summed E-state index contributed by atoms with van der Waals surface area (Å²) in [5, 5.41) is 7.19. The van der Waals surface area contributed by atoms with Gasteiger partial charge in [-0.15, -0.1) is 0 Å². The van der Waals surface area contributed by atoms with E-state index in [9.17, 15) is 4.79 Å². The molecular weight excluding hydrogens is 180 g/mol. The molecule has 0 radical (unpaired) electrons. The van der Waals surface area contributed by atoms with E-state index in [1.54, 1.807) is 13.4 Å². The Bertz CT molecular complexity index is 328. The molecule has 0 saturated carbocycles. The molecule has 0 aromatic carbocycles. The minimum atomic E-state index is -0.0543. The summed E-state index contributed by atoms with van der Waals surface area (Å²) in [6.45, 7) is 2.77. The van der Waals surface area contributed by atoms with Gasteiger partial charge in [0.15, 0.2) is 0 Å². The molecule has 5 heteroatoms. The number of nitrogens with one attached hydrogen (secondary N) is 1. The number of nitrogens with zero attached hydrogens (tertiary/aromatic N) is 3. The molecule has 0 aliphatic carbocycles. The Morgan fingerprint density at radius 3 is 2.79 bits per heavy atom. The Balaban J connectivity index is 2.67. The number of rotatable bonds is 5. The van der Waals surface area contributed by atoms with Crippen molar-refractivity contribution in [1.29, 1.82) is 0 Å². The van der Waals surface area contributed by atoms with Crippen molar-refractivity contribution >= 4 is 0 Å². The van der Waals surface area contributed by atoms with Gasteiger partial charge in [-0.3, -0.25) is 4.57 Å².